The molecule has 0 unspecified atom stereocenters. The van der Waals surface area contributed by atoms with Crippen LogP contribution in [0.3, 0.4) is 0 Å². The van der Waals surface area contributed by atoms with Gasteiger partial charge in [0.25, 0.3) is 0 Å². The fourth-order valence-corrected chi connectivity index (χ4v) is 2.22. The molecule has 25 heavy (non-hydrogen) atoms. The van der Waals surface area contributed by atoms with Gasteiger partial charge in [-0.2, -0.15) is 10.2 Å². The summed E-state index contributed by atoms with van der Waals surface area (Å²) in [5.41, 5.74) is 1.86. The van der Waals surface area contributed by atoms with Gasteiger partial charge >= 0.3 is 5.97 Å². The Balaban J connectivity index is 1.83. The zero-order chi connectivity index (χ0) is 17.8. The zero-order valence-corrected chi connectivity index (χ0v) is 13.0. The summed E-state index contributed by atoms with van der Waals surface area (Å²) in [5, 5.41) is 34.4. The maximum absolute atomic E-state index is 11.0. The van der Waals surface area contributed by atoms with Crippen molar-refractivity contribution in [2.45, 2.75) is 0 Å². The van der Waals surface area contributed by atoms with Crippen LogP contribution < -0.4 is 5.49 Å². The number of pyridine rings is 1. The van der Waals surface area contributed by atoms with Crippen molar-refractivity contribution >= 4 is 17.3 Å². The van der Waals surface area contributed by atoms with Gasteiger partial charge in [0.15, 0.2) is 0 Å². The molecular weight excluding hydrogens is 320 g/mol. The Bertz CT molecular complexity index is 1010. The van der Waals surface area contributed by atoms with Gasteiger partial charge in [0, 0.05) is 11.9 Å². The van der Waals surface area contributed by atoms with Gasteiger partial charge in [-0.25, -0.2) is 4.79 Å². The largest absolute Gasteiger partial charge is 0.507 e. The first-order chi connectivity index (χ1) is 12.0. The van der Waals surface area contributed by atoms with E-state index >= 15 is 0 Å². The molecule has 3 N–H and O–H groups in total. The molecule has 124 valence electrons. The van der Waals surface area contributed by atoms with E-state index in [1.165, 1.54) is 18.2 Å². The molecule has 3 rings (SSSR count). The molecule has 1 aromatic heterocycles. The summed E-state index contributed by atoms with van der Waals surface area (Å²) in [5.74, 6) is -1.55. The summed E-state index contributed by atoms with van der Waals surface area (Å²) in [6, 6.07) is 16.4. The molecule has 0 aliphatic carbocycles. The number of aromatic hydroxyl groups is 1. The first-order valence-electron chi connectivity index (χ1n) is 7.35. The number of carboxylic acid groups (broad SMARTS) is 1. The van der Waals surface area contributed by atoms with Gasteiger partial charge < -0.3 is 14.8 Å². The van der Waals surface area contributed by atoms with Crippen molar-refractivity contribution in [2.75, 3.05) is 0 Å². The molecule has 0 saturated carbocycles. The van der Waals surface area contributed by atoms with Crippen LogP contribution in [0.4, 0.5) is 11.4 Å². The predicted molar refractivity (Wildman–Crippen MR) is 90.9 cm³/mol. The Morgan fingerprint density at radius 2 is 1.64 bits per heavy atom. The van der Waals surface area contributed by atoms with Gasteiger partial charge in [-0.3, -0.25) is 5.41 Å². The second-order valence-corrected chi connectivity index (χ2v) is 5.18. The standard InChI is InChI=1S/C18H14N4O3/c19-17-3-1-2-10-22(17)14-7-4-12(5-8-14)20-21-13-6-9-16(23)15(11-13)18(24)25/h1-11,19,23H,(H,24,25). The minimum absolute atomic E-state index is 0.227. The average Bonchev–Trinajstić information content (AvgIpc) is 2.62. The predicted octanol–water partition coefficient (Wildman–Crippen LogP) is 3.78. The number of azo groups is 1. The Morgan fingerprint density at radius 1 is 0.960 bits per heavy atom. The van der Waals surface area contributed by atoms with Crippen LogP contribution in [0.1, 0.15) is 10.4 Å². The van der Waals surface area contributed by atoms with Crippen molar-refractivity contribution in [1.29, 1.82) is 5.41 Å². The van der Waals surface area contributed by atoms with Gasteiger partial charge in [-0.15, -0.1) is 0 Å². The lowest BCUT2D eigenvalue weighted by atomic mass is 10.2. The quantitative estimate of drug-likeness (QED) is 0.631. The summed E-state index contributed by atoms with van der Waals surface area (Å²) < 4.78 is 1.72. The fourth-order valence-electron chi connectivity index (χ4n) is 2.22. The van der Waals surface area contributed by atoms with Crippen molar-refractivity contribution in [3.63, 3.8) is 0 Å². The van der Waals surface area contributed by atoms with E-state index in [1.807, 2.05) is 18.2 Å². The van der Waals surface area contributed by atoms with Gasteiger partial charge in [-0.1, -0.05) is 6.07 Å². The first-order valence-corrected chi connectivity index (χ1v) is 7.35. The molecule has 0 fully saturated rings. The highest BCUT2D eigenvalue weighted by atomic mass is 16.4. The number of nitrogens with zero attached hydrogens (tertiary/aromatic N) is 3. The monoisotopic (exact) mass is 334 g/mol. The van der Waals surface area contributed by atoms with E-state index < -0.39 is 5.97 Å². The van der Waals surface area contributed by atoms with Crippen molar-refractivity contribution in [2.24, 2.45) is 10.2 Å². The number of phenols is 1. The topological polar surface area (TPSA) is 111 Å². The van der Waals surface area contributed by atoms with Crippen LogP contribution in [-0.2, 0) is 0 Å². The molecule has 0 bridgehead atoms. The zero-order valence-electron chi connectivity index (χ0n) is 13.0. The molecular formula is C18H14N4O3. The first kappa shape index (κ1) is 16.1. The molecule has 0 spiro atoms. The van der Waals surface area contributed by atoms with E-state index in [0.717, 1.165) is 5.69 Å². The van der Waals surface area contributed by atoms with Crippen LogP contribution in [0.2, 0.25) is 0 Å². The number of aromatic carboxylic acids is 1. The van der Waals surface area contributed by atoms with E-state index in [9.17, 15) is 9.90 Å². The lowest BCUT2D eigenvalue weighted by Gasteiger charge is -2.06. The highest BCUT2D eigenvalue weighted by Crippen LogP contribution is 2.25. The van der Waals surface area contributed by atoms with Crippen LogP contribution in [-0.4, -0.2) is 20.7 Å². The molecule has 7 nitrogen and oxygen atoms in total. The normalized spacial score (nSPS) is 10.9. The lowest BCUT2D eigenvalue weighted by molar-refractivity contribution is 0.0694. The smallest absolute Gasteiger partial charge is 0.339 e. The van der Waals surface area contributed by atoms with Crippen molar-refractivity contribution in [3.8, 4) is 11.4 Å². The summed E-state index contributed by atoms with van der Waals surface area (Å²) in [4.78, 5) is 11.0. The number of nitrogens with one attached hydrogen (secondary N) is 1. The third-order valence-electron chi connectivity index (χ3n) is 3.48. The maximum Gasteiger partial charge on any atom is 0.339 e. The van der Waals surface area contributed by atoms with Crippen LogP contribution in [0.5, 0.6) is 5.75 Å². The Morgan fingerprint density at radius 3 is 2.32 bits per heavy atom. The number of aromatic nitrogens is 1. The van der Waals surface area contributed by atoms with E-state index in [2.05, 4.69) is 10.2 Å². The molecule has 2 aromatic carbocycles. The Hall–Kier alpha value is -3.74. The molecule has 0 aliphatic rings. The maximum atomic E-state index is 11.0. The fraction of sp³-hybridized carbons (Fsp3) is 0. The van der Waals surface area contributed by atoms with Gasteiger partial charge in [0.2, 0.25) is 0 Å². The minimum atomic E-state index is -1.23. The van der Waals surface area contributed by atoms with Crippen molar-refractivity contribution < 1.29 is 15.0 Å². The Labute approximate surface area is 142 Å². The number of benzene rings is 2. The van der Waals surface area contributed by atoms with Crippen LogP contribution in [0, 0.1) is 5.41 Å². The third kappa shape index (κ3) is 3.61. The lowest BCUT2D eigenvalue weighted by Crippen LogP contribution is -2.15. The highest BCUT2D eigenvalue weighted by Gasteiger charge is 2.09. The van der Waals surface area contributed by atoms with Gasteiger partial charge in [0.1, 0.15) is 16.8 Å². The molecule has 7 heteroatoms. The van der Waals surface area contributed by atoms with E-state index in [0.29, 0.717) is 16.9 Å². The number of hydrogen-bond acceptors (Lipinski definition) is 5. The molecule has 0 aliphatic heterocycles. The van der Waals surface area contributed by atoms with Gasteiger partial charge in [0.05, 0.1) is 11.4 Å². The van der Waals surface area contributed by atoms with Crippen LogP contribution in [0.15, 0.2) is 77.1 Å². The summed E-state index contributed by atoms with van der Waals surface area (Å²) in [7, 11) is 0. The SMILES string of the molecule is N=c1ccccn1-c1ccc(N=Nc2ccc(O)c(C(=O)O)c2)cc1. The van der Waals surface area contributed by atoms with Crippen LogP contribution in [0.25, 0.3) is 5.69 Å². The van der Waals surface area contributed by atoms with E-state index in [1.54, 1.807) is 35.0 Å². The third-order valence-corrected chi connectivity index (χ3v) is 3.48. The number of hydrogen-bond donors (Lipinski definition) is 3. The molecule has 0 saturated heterocycles. The summed E-state index contributed by atoms with van der Waals surface area (Å²) in [6.07, 6.45) is 1.79. The van der Waals surface area contributed by atoms with Crippen molar-refractivity contribution in [1.82, 2.24) is 4.57 Å². The molecule has 0 amide bonds. The highest BCUT2D eigenvalue weighted by molar-refractivity contribution is 5.91. The molecule has 3 aromatic rings. The second kappa shape index (κ2) is 6.79. The number of rotatable bonds is 4. The average molecular weight is 334 g/mol. The minimum Gasteiger partial charge on any atom is -0.507 e. The molecule has 0 radical (unpaired) electrons. The second-order valence-electron chi connectivity index (χ2n) is 5.18. The van der Waals surface area contributed by atoms with Gasteiger partial charge in [-0.05, 0) is 54.6 Å². The van der Waals surface area contributed by atoms with Crippen LogP contribution >= 0.6 is 0 Å². The number of carboxylic acids is 1. The Kier molecular flexibility index (Phi) is 4.38. The summed E-state index contributed by atoms with van der Waals surface area (Å²) >= 11 is 0. The van der Waals surface area contributed by atoms with Crippen molar-refractivity contribution in [3.05, 3.63) is 77.9 Å². The number of carbonyl (C=O) groups is 1. The summed E-state index contributed by atoms with van der Waals surface area (Å²) in [6.45, 7) is 0. The molecule has 1 heterocycles. The van der Waals surface area contributed by atoms with E-state index in [4.69, 9.17) is 10.5 Å². The molecule has 0 atom stereocenters. The van der Waals surface area contributed by atoms with E-state index in [-0.39, 0.29) is 11.3 Å².